The van der Waals surface area contributed by atoms with Gasteiger partial charge in [-0.3, -0.25) is 9.59 Å². The third kappa shape index (κ3) is 3.92. The number of benzene rings is 1. The van der Waals surface area contributed by atoms with Crippen LogP contribution in [0.3, 0.4) is 0 Å². The Balaban J connectivity index is 1.34. The molecule has 1 aliphatic carbocycles. The van der Waals surface area contributed by atoms with Crippen LogP contribution in [0.4, 0.5) is 10.5 Å². The minimum Gasteiger partial charge on any atom is -0.335 e. The number of rotatable bonds is 2. The van der Waals surface area contributed by atoms with Gasteiger partial charge in [-0.2, -0.15) is 0 Å². The van der Waals surface area contributed by atoms with Crippen molar-refractivity contribution >= 4 is 34.9 Å². The molecule has 2 aromatic rings. The van der Waals surface area contributed by atoms with E-state index in [-0.39, 0.29) is 30.4 Å². The minimum absolute atomic E-state index is 0.131. The zero-order valence-electron chi connectivity index (χ0n) is 17.3. The monoisotopic (exact) mass is 438 g/mol. The number of urea groups is 1. The molecule has 7 nitrogen and oxygen atoms in total. The maximum atomic E-state index is 13.3. The van der Waals surface area contributed by atoms with Gasteiger partial charge in [-0.05, 0) is 42.0 Å². The number of anilines is 1. The molecule has 1 atom stereocenters. The van der Waals surface area contributed by atoms with Gasteiger partial charge < -0.3 is 20.4 Å². The summed E-state index contributed by atoms with van der Waals surface area (Å²) >= 11 is 1.61. The van der Waals surface area contributed by atoms with E-state index >= 15 is 0 Å². The number of amides is 4. The van der Waals surface area contributed by atoms with Crippen molar-refractivity contribution in [3.63, 3.8) is 0 Å². The summed E-state index contributed by atoms with van der Waals surface area (Å²) in [5.74, 6) is -0.407. The molecule has 1 aromatic heterocycles. The van der Waals surface area contributed by atoms with Crippen molar-refractivity contribution in [1.82, 2.24) is 15.1 Å². The van der Waals surface area contributed by atoms with Crippen molar-refractivity contribution in [2.75, 3.05) is 25.0 Å². The molecule has 1 unspecified atom stereocenters. The van der Waals surface area contributed by atoms with Crippen LogP contribution in [0, 0.1) is 0 Å². The maximum absolute atomic E-state index is 13.3. The van der Waals surface area contributed by atoms with E-state index < -0.39 is 6.04 Å². The van der Waals surface area contributed by atoms with Crippen molar-refractivity contribution in [3.05, 3.63) is 41.3 Å². The number of piperazine rings is 1. The molecule has 2 N–H and O–H groups in total. The van der Waals surface area contributed by atoms with Gasteiger partial charge in [0.2, 0.25) is 5.91 Å². The van der Waals surface area contributed by atoms with Gasteiger partial charge in [0.1, 0.15) is 6.04 Å². The Kier molecular flexibility index (Phi) is 5.40. The lowest BCUT2D eigenvalue weighted by Crippen LogP contribution is -2.61. The molecular weight excluding hydrogens is 412 g/mol. The molecule has 0 bridgehead atoms. The summed E-state index contributed by atoms with van der Waals surface area (Å²) in [4.78, 5) is 43.5. The summed E-state index contributed by atoms with van der Waals surface area (Å²) in [6.07, 6.45) is 5.53. The molecule has 3 heterocycles. The Morgan fingerprint density at radius 1 is 1.10 bits per heavy atom. The van der Waals surface area contributed by atoms with Crippen LogP contribution in [0.15, 0.2) is 35.7 Å². The fourth-order valence-corrected chi connectivity index (χ4v) is 5.47. The second-order valence-corrected chi connectivity index (χ2v) is 9.42. The molecule has 5 rings (SSSR count). The van der Waals surface area contributed by atoms with Gasteiger partial charge in [0.05, 0.1) is 17.8 Å². The lowest BCUT2D eigenvalue weighted by atomic mass is 9.96. The van der Waals surface area contributed by atoms with Crippen LogP contribution in [0.2, 0.25) is 0 Å². The first-order valence-electron chi connectivity index (χ1n) is 11.0. The summed E-state index contributed by atoms with van der Waals surface area (Å²) in [5.41, 5.74) is 1.99. The summed E-state index contributed by atoms with van der Waals surface area (Å²) in [6.45, 7) is 0.980. The highest BCUT2D eigenvalue weighted by Crippen LogP contribution is 2.32. The molecule has 8 heteroatoms. The molecule has 3 aliphatic rings. The number of carbonyl (C=O) groups excluding carboxylic acids is 3. The van der Waals surface area contributed by atoms with Crippen LogP contribution >= 0.6 is 11.3 Å². The zero-order valence-corrected chi connectivity index (χ0v) is 18.1. The van der Waals surface area contributed by atoms with E-state index in [1.807, 2.05) is 29.6 Å². The third-order valence-corrected chi connectivity index (χ3v) is 7.40. The summed E-state index contributed by atoms with van der Waals surface area (Å²) in [7, 11) is 0. The Bertz CT molecular complexity index is 1000. The minimum atomic E-state index is -0.684. The molecular formula is C23H26N4O3S. The van der Waals surface area contributed by atoms with Gasteiger partial charge in [-0.1, -0.05) is 31.4 Å². The number of fused-ring (bicyclic) bond motifs is 2. The van der Waals surface area contributed by atoms with Crippen molar-refractivity contribution in [2.45, 2.75) is 44.2 Å². The number of hydrogen-bond donors (Lipinski definition) is 2. The van der Waals surface area contributed by atoms with Crippen LogP contribution in [0.5, 0.6) is 0 Å². The third-order valence-electron chi connectivity index (χ3n) is 6.48. The lowest BCUT2D eigenvalue weighted by molar-refractivity contribution is -0.121. The molecule has 1 saturated carbocycles. The highest BCUT2D eigenvalue weighted by atomic mass is 32.1. The number of nitrogens with zero attached hydrogens (tertiary/aromatic N) is 2. The van der Waals surface area contributed by atoms with E-state index in [9.17, 15) is 14.4 Å². The van der Waals surface area contributed by atoms with Crippen molar-refractivity contribution in [3.8, 4) is 10.4 Å². The first-order valence-corrected chi connectivity index (χ1v) is 11.8. The fraction of sp³-hybridized carbons (Fsp3) is 0.435. The summed E-state index contributed by atoms with van der Waals surface area (Å²) < 4.78 is 0. The van der Waals surface area contributed by atoms with E-state index in [2.05, 4.69) is 10.6 Å². The average molecular weight is 439 g/mol. The Labute approximate surface area is 185 Å². The van der Waals surface area contributed by atoms with Crippen LogP contribution in [0.25, 0.3) is 10.4 Å². The molecule has 4 amide bonds. The van der Waals surface area contributed by atoms with E-state index in [0.717, 1.165) is 36.1 Å². The Hall–Kier alpha value is -2.87. The van der Waals surface area contributed by atoms with Crippen LogP contribution in [0.1, 0.15) is 42.5 Å². The largest absolute Gasteiger partial charge is 0.335 e. The van der Waals surface area contributed by atoms with Crippen LogP contribution < -0.4 is 10.6 Å². The molecule has 2 aliphatic heterocycles. The SMILES string of the molecule is O=C1Nc2ccc(-c3cccs3)cc2C(=O)N2CCN(C(=O)NC3CCCCC3)CC12. The van der Waals surface area contributed by atoms with E-state index in [1.165, 1.54) is 6.42 Å². The summed E-state index contributed by atoms with van der Waals surface area (Å²) in [6, 6.07) is 8.96. The topological polar surface area (TPSA) is 81.8 Å². The standard InChI is InChI=1S/C23H26N4O3S/c28-21-19-14-26(23(30)24-16-5-2-1-3-6-16)10-11-27(19)22(29)17-13-15(8-9-18(17)25-21)20-7-4-12-31-20/h4,7-9,12-13,16,19H,1-3,5-6,10-11,14H2,(H,24,30)(H,25,28). The molecule has 0 spiro atoms. The zero-order chi connectivity index (χ0) is 21.4. The van der Waals surface area contributed by atoms with E-state index in [0.29, 0.717) is 24.3 Å². The highest BCUT2D eigenvalue weighted by Gasteiger charge is 2.40. The quantitative estimate of drug-likeness (QED) is 0.753. The number of nitrogens with one attached hydrogen (secondary N) is 2. The summed E-state index contributed by atoms with van der Waals surface area (Å²) in [5, 5.41) is 8.03. The lowest BCUT2D eigenvalue weighted by Gasteiger charge is -2.40. The number of carbonyl (C=O) groups is 3. The van der Waals surface area contributed by atoms with Gasteiger partial charge in [0.25, 0.3) is 5.91 Å². The van der Waals surface area contributed by atoms with Crippen LogP contribution in [-0.2, 0) is 4.79 Å². The van der Waals surface area contributed by atoms with Gasteiger partial charge in [-0.25, -0.2) is 4.79 Å². The van der Waals surface area contributed by atoms with Gasteiger partial charge in [0.15, 0.2) is 0 Å². The van der Waals surface area contributed by atoms with Crippen molar-refractivity contribution in [1.29, 1.82) is 0 Å². The molecule has 1 saturated heterocycles. The van der Waals surface area contributed by atoms with Crippen molar-refractivity contribution in [2.24, 2.45) is 0 Å². The fourth-order valence-electron chi connectivity index (χ4n) is 4.74. The smallest absolute Gasteiger partial charge is 0.317 e. The van der Waals surface area contributed by atoms with E-state index in [1.54, 1.807) is 27.2 Å². The normalized spacial score (nSPS) is 21.7. The predicted octanol–water partition coefficient (Wildman–Crippen LogP) is 3.54. The highest BCUT2D eigenvalue weighted by molar-refractivity contribution is 7.13. The molecule has 1 aromatic carbocycles. The molecule has 162 valence electrons. The van der Waals surface area contributed by atoms with E-state index in [4.69, 9.17) is 0 Å². The molecule has 0 radical (unpaired) electrons. The Morgan fingerprint density at radius 3 is 2.71 bits per heavy atom. The van der Waals surface area contributed by atoms with Gasteiger partial charge >= 0.3 is 6.03 Å². The van der Waals surface area contributed by atoms with Crippen molar-refractivity contribution < 1.29 is 14.4 Å². The van der Waals surface area contributed by atoms with Crippen LogP contribution in [-0.4, -0.2) is 59.4 Å². The first-order chi connectivity index (χ1) is 15.1. The molecule has 31 heavy (non-hydrogen) atoms. The number of hydrogen-bond acceptors (Lipinski definition) is 4. The predicted molar refractivity (Wildman–Crippen MR) is 120 cm³/mol. The maximum Gasteiger partial charge on any atom is 0.317 e. The second-order valence-electron chi connectivity index (χ2n) is 8.47. The molecule has 2 fully saturated rings. The first kappa shape index (κ1) is 20.1. The average Bonchev–Trinajstić information content (AvgIpc) is 3.31. The Morgan fingerprint density at radius 2 is 1.94 bits per heavy atom. The number of thiophene rings is 1. The van der Waals surface area contributed by atoms with Gasteiger partial charge in [-0.15, -0.1) is 11.3 Å². The van der Waals surface area contributed by atoms with Gasteiger partial charge in [0, 0.05) is 24.0 Å². The second kappa shape index (κ2) is 8.34.